The third-order valence-corrected chi connectivity index (χ3v) is 2.70. The number of hydrogen-bond acceptors (Lipinski definition) is 5. The van der Waals surface area contributed by atoms with Crippen LogP contribution in [0.5, 0.6) is 0 Å². The lowest BCUT2D eigenvalue weighted by Gasteiger charge is -2.07. The van der Waals surface area contributed by atoms with E-state index in [0.717, 1.165) is 6.92 Å². The average molecular weight is 181 g/mol. The first-order valence-electron chi connectivity index (χ1n) is 3.04. The Morgan fingerprint density at radius 3 is 2.36 bits per heavy atom. The van der Waals surface area contributed by atoms with E-state index >= 15 is 0 Å². The maximum atomic E-state index is 10.8. The summed E-state index contributed by atoms with van der Waals surface area (Å²) in [6.07, 6.45) is 0. The number of carbonyl (C=O) groups is 1. The maximum absolute atomic E-state index is 10.8. The van der Waals surface area contributed by atoms with Crippen molar-refractivity contribution in [3.05, 3.63) is 0 Å². The number of hydrogen-bond donors (Lipinski definition) is 1. The zero-order valence-electron chi connectivity index (χ0n) is 6.40. The van der Waals surface area contributed by atoms with Crippen LogP contribution in [-0.2, 0) is 19.1 Å². The second-order valence-corrected chi connectivity index (χ2v) is 4.07. The topological polar surface area (TPSA) is 86.5 Å². The van der Waals surface area contributed by atoms with Gasteiger partial charge in [-0.1, -0.05) is 0 Å². The summed E-state index contributed by atoms with van der Waals surface area (Å²) in [7, 11) is -3.78. The van der Waals surface area contributed by atoms with Crippen molar-refractivity contribution in [1.29, 1.82) is 0 Å². The molecule has 5 nitrogen and oxygen atoms in total. The van der Waals surface area contributed by atoms with Crippen molar-refractivity contribution in [1.82, 2.24) is 0 Å². The standard InChI is InChI=1S/C5H11NO4S/c1-4(3-6)11(8,9)10-5(2)7/h4H,3,6H2,1-2H3. The van der Waals surface area contributed by atoms with Gasteiger partial charge in [-0.25, -0.2) is 0 Å². The van der Waals surface area contributed by atoms with Crippen LogP contribution in [-0.4, -0.2) is 26.2 Å². The zero-order chi connectivity index (χ0) is 9.07. The van der Waals surface area contributed by atoms with E-state index < -0.39 is 21.3 Å². The first kappa shape index (κ1) is 10.4. The van der Waals surface area contributed by atoms with Crippen molar-refractivity contribution >= 4 is 16.1 Å². The molecular formula is C5H11NO4S. The highest BCUT2D eigenvalue weighted by atomic mass is 32.2. The van der Waals surface area contributed by atoms with Crippen molar-refractivity contribution in [2.24, 2.45) is 5.73 Å². The van der Waals surface area contributed by atoms with Crippen LogP contribution < -0.4 is 5.73 Å². The summed E-state index contributed by atoms with van der Waals surface area (Å²) >= 11 is 0. The van der Waals surface area contributed by atoms with Crippen molar-refractivity contribution in [2.75, 3.05) is 6.54 Å². The van der Waals surface area contributed by atoms with Gasteiger partial charge in [-0.15, -0.1) is 0 Å². The summed E-state index contributed by atoms with van der Waals surface area (Å²) in [5, 5.41) is -0.841. The fourth-order valence-electron chi connectivity index (χ4n) is 0.364. The van der Waals surface area contributed by atoms with Gasteiger partial charge in [0.1, 0.15) is 5.25 Å². The number of nitrogens with two attached hydrogens (primary N) is 1. The van der Waals surface area contributed by atoms with E-state index in [4.69, 9.17) is 5.73 Å². The highest BCUT2D eigenvalue weighted by Gasteiger charge is 2.22. The van der Waals surface area contributed by atoms with Gasteiger partial charge in [-0.2, -0.15) is 8.42 Å². The Morgan fingerprint density at radius 1 is 1.64 bits per heavy atom. The SMILES string of the molecule is CC(=O)OS(=O)(=O)C(C)CN. The van der Waals surface area contributed by atoms with E-state index in [1.165, 1.54) is 6.92 Å². The molecule has 0 fully saturated rings. The van der Waals surface area contributed by atoms with Gasteiger partial charge in [-0.05, 0) is 6.92 Å². The van der Waals surface area contributed by atoms with Gasteiger partial charge in [0.05, 0.1) is 0 Å². The molecule has 0 bridgehead atoms. The summed E-state index contributed by atoms with van der Waals surface area (Å²) in [6.45, 7) is 2.34. The number of carbonyl (C=O) groups excluding carboxylic acids is 1. The fraction of sp³-hybridized carbons (Fsp3) is 0.800. The highest BCUT2D eigenvalue weighted by Crippen LogP contribution is 2.01. The van der Waals surface area contributed by atoms with Gasteiger partial charge in [0, 0.05) is 13.5 Å². The van der Waals surface area contributed by atoms with Crippen LogP contribution in [0.2, 0.25) is 0 Å². The minimum Gasteiger partial charge on any atom is -0.346 e. The van der Waals surface area contributed by atoms with Crippen molar-refractivity contribution in [2.45, 2.75) is 19.1 Å². The van der Waals surface area contributed by atoms with E-state index in [0.29, 0.717) is 0 Å². The molecule has 1 unspecified atom stereocenters. The summed E-state index contributed by atoms with van der Waals surface area (Å²) in [5.74, 6) is -0.842. The van der Waals surface area contributed by atoms with E-state index in [9.17, 15) is 13.2 Å². The molecule has 0 aliphatic rings. The molecule has 0 saturated heterocycles. The van der Waals surface area contributed by atoms with E-state index in [1.54, 1.807) is 0 Å². The maximum Gasteiger partial charge on any atom is 0.319 e. The molecule has 0 aromatic carbocycles. The molecular weight excluding hydrogens is 170 g/mol. The first-order chi connectivity index (χ1) is 4.90. The van der Waals surface area contributed by atoms with Gasteiger partial charge >= 0.3 is 16.1 Å². The molecule has 0 spiro atoms. The molecule has 0 aliphatic carbocycles. The van der Waals surface area contributed by atoms with Gasteiger partial charge in [0.25, 0.3) is 0 Å². The minimum absolute atomic E-state index is 0.0599. The molecule has 2 N–H and O–H groups in total. The van der Waals surface area contributed by atoms with Crippen LogP contribution in [0.4, 0.5) is 0 Å². The van der Waals surface area contributed by atoms with E-state index in [1.807, 2.05) is 0 Å². The van der Waals surface area contributed by atoms with E-state index in [2.05, 4.69) is 4.18 Å². The highest BCUT2D eigenvalue weighted by molar-refractivity contribution is 7.87. The average Bonchev–Trinajstić information content (AvgIpc) is 1.83. The third-order valence-electron chi connectivity index (χ3n) is 1.06. The molecule has 6 heteroatoms. The molecule has 66 valence electrons. The fourth-order valence-corrected chi connectivity index (χ4v) is 1.09. The summed E-state index contributed by atoms with van der Waals surface area (Å²) in [5.41, 5.74) is 5.06. The quantitative estimate of drug-likeness (QED) is 0.577. The smallest absolute Gasteiger partial charge is 0.319 e. The van der Waals surface area contributed by atoms with Crippen LogP contribution in [0.15, 0.2) is 0 Å². The Kier molecular flexibility index (Phi) is 3.47. The summed E-state index contributed by atoms with van der Waals surface area (Å²) < 4.78 is 25.7. The van der Waals surface area contributed by atoms with Crippen molar-refractivity contribution in [3.63, 3.8) is 0 Å². The molecule has 0 radical (unpaired) electrons. The Hall–Kier alpha value is -0.620. The Labute approximate surface area is 65.6 Å². The molecule has 0 aromatic rings. The Balaban J connectivity index is 4.35. The normalized spacial score (nSPS) is 14.1. The molecule has 0 saturated carbocycles. The first-order valence-corrected chi connectivity index (χ1v) is 4.51. The van der Waals surface area contributed by atoms with Gasteiger partial charge < -0.3 is 9.92 Å². The Morgan fingerprint density at radius 2 is 2.09 bits per heavy atom. The summed E-state index contributed by atoms with van der Waals surface area (Å²) in [4.78, 5) is 10.2. The molecule has 0 amide bonds. The summed E-state index contributed by atoms with van der Waals surface area (Å²) in [6, 6.07) is 0. The van der Waals surface area contributed by atoms with Gasteiger partial charge in [0.15, 0.2) is 0 Å². The van der Waals surface area contributed by atoms with Crippen LogP contribution in [0.25, 0.3) is 0 Å². The lowest BCUT2D eigenvalue weighted by molar-refractivity contribution is -0.131. The monoisotopic (exact) mass is 181 g/mol. The molecule has 0 rings (SSSR count). The molecule has 0 heterocycles. The van der Waals surface area contributed by atoms with Gasteiger partial charge in [0.2, 0.25) is 0 Å². The largest absolute Gasteiger partial charge is 0.346 e. The van der Waals surface area contributed by atoms with Crippen LogP contribution >= 0.6 is 0 Å². The van der Waals surface area contributed by atoms with Crippen LogP contribution in [0, 0.1) is 0 Å². The second kappa shape index (κ2) is 3.68. The molecule has 0 aromatic heterocycles. The van der Waals surface area contributed by atoms with Crippen LogP contribution in [0.1, 0.15) is 13.8 Å². The second-order valence-electron chi connectivity index (χ2n) is 2.11. The van der Waals surface area contributed by atoms with Crippen LogP contribution in [0.3, 0.4) is 0 Å². The zero-order valence-corrected chi connectivity index (χ0v) is 7.22. The lowest BCUT2D eigenvalue weighted by Crippen LogP contribution is -2.29. The number of rotatable bonds is 3. The molecule has 11 heavy (non-hydrogen) atoms. The van der Waals surface area contributed by atoms with E-state index in [-0.39, 0.29) is 6.54 Å². The molecule has 0 aliphatic heterocycles. The van der Waals surface area contributed by atoms with Gasteiger partial charge in [-0.3, -0.25) is 4.79 Å². The predicted molar refractivity (Wildman–Crippen MR) is 39.2 cm³/mol. The lowest BCUT2D eigenvalue weighted by atomic mass is 10.5. The van der Waals surface area contributed by atoms with Crippen molar-refractivity contribution < 1.29 is 17.4 Å². The predicted octanol–water partition coefficient (Wildman–Crippen LogP) is -0.773. The van der Waals surface area contributed by atoms with Crippen molar-refractivity contribution in [3.8, 4) is 0 Å². The minimum atomic E-state index is -3.78. The Bertz CT molecular complexity index is 233. The molecule has 1 atom stereocenters. The third kappa shape index (κ3) is 3.33.